The van der Waals surface area contributed by atoms with Crippen LogP contribution in [0.2, 0.25) is 0 Å². The first-order valence-electron chi connectivity index (χ1n) is 7.45. The number of nitrogens with zero attached hydrogens (tertiary/aromatic N) is 1. The lowest BCUT2D eigenvalue weighted by Gasteiger charge is -2.24. The number of nitrogens with two attached hydrogens (primary N) is 1. The van der Waals surface area contributed by atoms with Crippen molar-refractivity contribution < 1.29 is 0 Å². The largest absolute Gasteiger partial charge is 0.330 e. The molecule has 0 fully saturated rings. The van der Waals surface area contributed by atoms with Crippen LogP contribution in [0, 0.1) is 5.92 Å². The van der Waals surface area contributed by atoms with E-state index in [0.717, 1.165) is 19.0 Å². The van der Waals surface area contributed by atoms with Gasteiger partial charge in [-0.25, -0.2) is 4.98 Å². The van der Waals surface area contributed by atoms with Crippen molar-refractivity contribution in [3.63, 3.8) is 0 Å². The van der Waals surface area contributed by atoms with Gasteiger partial charge in [-0.3, -0.25) is 0 Å². The van der Waals surface area contributed by atoms with E-state index < -0.39 is 0 Å². The van der Waals surface area contributed by atoms with Crippen molar-refractivity contribution in [1.29, 1.82) is 0 Å². The highest BCUT2D eigenvalue weighted by Gasteiger charge is 2.22. The number of aromatic nitrogens is 1. The highest BCUT2D eigenvalue weighted by atomic mass is 32.1. The summed E-state index contributed by atoms with van der Waals surface area (Å²) in [5, 5.41) is 6.82. The van der Waals surface area contributed by atoms with Gasteiger partial charge in [-0.05, 0) is 52.1 Å². The van der Waals surface area contributed by atoms with Gasteiger partial charge in [0.1, 0.15) is 5.01 Å². The topological polar surface area (TPSA) is 50.9 Å². The first-order chi connectivity index (χ1) is 9.10. The minimum Gasteiger partial charge on any atom is -0.330 e. The summed E-state index contributed by atoms with van der Waals surface area (Å²) in [5.41, 5.74) is 5.66. The number of hydrogen-bond donors (Lipinski definition) is 2. The van der Waals surface area contributed by atoms with E-state index in [9.17, 15) is 0 Å². The van der Waals surface area contributed by atoms with Crippen LogP contribution in [0.25, 0.3) is 0 Å². The Morgan fingerprint density at radius 1 is 1.37 bits per heavy atom. The third-order valence-corrected chi connectivity index (χ3v) is 4.69. The van der Waals surface area contributed by atoms with Crippen molar-refractivity contribution in [3.8, 4) is 0 Å². The van der Waals surface area contributed by atoms with Crippen LogP contribution in [0.4, 0.5) is 0 Å². The van der Waals surface area contributed by atoms with Gasteiger partial charge in [-0.1, -0.05) is 19.8 Å². The molecule has 0 saturated carbocycles. The molecule has 1 atom stereocenters. The van der Waals surface area contributed by atoms with Crippen LogP contribution >= 0.6 is 11.3 Å². The summed E-state index contributed by atoms with van der Waals surface area (Å²) in [7, 11) is 0. The summed E-state index contributed by atoms with van der Waals surface area (Å²) in [6.45, 7) is 8.54. The SMILES string of the molecule is CCCC(CCN)CCCNC(C)(C)c1nccs1. The van der Waals surface area contributed by atoms with Gasteiger partial charge >= 0.3 is 0 Å². The molecule has 1 unspecified atom stereocenters. The van der Waals surface area contributed by atoms with Gasteiger partial charge in [0.2, 0.25) is 0 Å². The van der Waals surface area contributed by atoms with Crippen molar-refractivity contribution >= 4 is 11.3 Å². The molecule has 3 N–H and O–H groups in total. The minimum absolute atomic E-state index is 0.0116. The fraction of sp³-hybridized carbons (Fsp3) is 0.800. The lowest BCUT2D eigenvalue weighted by atomic mass is 9.94. The first-order valence-corrected chi connectivity index (χ1v) is 8.33. The van der Waals surface area contributed by atoms with E-state index in [-0.39, 0.29) is 5.54 Å². The average molecular weight is 283 g/mol. The summed E-state index contributed by atoms with van der Waals surface area (Å²) in [6, 6.07) is 0. The van der Waals surface area contributed by atoms with Crippen LogP contribution in [-0.2, 0) is 5.54 Å². The van der Waals surface area contributed by atoms with Crippen LogP contribution in [-0.4, -0.2) is 18.1 Å². The standard InChI is InChI=1S/C15H29N3S/c1-4-6-13(8-9-16)7-5-10-18-15(2,3)14-17-11-12-19-14/h11-13,18H,4-10,16H2,1-3H3. The molecule has 4 heteroatoms. The second-order valence-electron chi connectivity index (χ2n) is 5.76. The minimum atomic E-state index is -0.0116. The molecular formula is C15H29N3S. The van der Waals surface area contributed by atoms with Gasteiger partial charge in [-0.2, -0.15) is 0 Å². The van der Waals surface area contributed by atoms with E-state index in [1.165, 1.54) is 37.1 Å². The lowest BCUT2D eigenvalue weighted by molar-refractivity contribution is 0.362. The number of nitrogens with one attached hydrogen (secondary N) is 1. The molecule has 0 bridgehead atoms. The van der Waals surface area contributed by atoms with Crippen LogP contribution in [0.3, 0.4) is 0 Å². The second-order valence-corrected chi connectivity index (χ2v) is 6.66. The Kier molecular flexibility index (Phi) is 7.57. The Bertz CT molecular complexity index is 316. The Hall–Kier alpha value is -0.450. The summed E-state index contributed by atoms with van der Waals surface area (Å²) in [6.07, 6.45) is 8.13. The third-order valence-electron chi connectivity index (χ3n) is 3.59. The number of thiazole rings is 1. The summed E-state index contributed by atoms with van der Waals surface area (Å²) in [5.74, 6) is 0.805. The summed E-state index contributed by atoms with van der Waals surface area (Å²) < 4.78 is 0. The van der Waals surface area contributed by atoms with Crippen molar-refractivity contribution in [2.75, 3.05) is 13.1 Å². The predicted molar refractivity (Wildman–Crippen MR) is 84.4 cm³/mol. The Balaban J connectivity index is 2.26. The first kappa shape index (κ1) is 16.6. The summed E-state index contributed by atoms with van der Waals surface area (Å²) >= 11 is 1.72. The van der Waals surface area contributed by atoms with Gasteiger partial charge in [0.15, 0.2) is 0 Å². The van der Waals surface area contributed by atoms with E-state index in [2.05, 4.69) is 31.1 Å². The van der Waals surface area contributed by atoms with E-state index in [4.69, 9.17) is 5.73 Å². The lowest BCUT2D eigenvalue weighted by Crippen LogP contribution is -2.37. The monoisotopic (exact) mass is 283 g/mol. The molecule has 0 spiro atoms. The summed E-state index contributed by atoms with van der Waals surface area (Å²) in [4.78, 5) is 4.40. The highest BCUT2D eigenvalue weighted by molar-refractivity contribution is 7.09. The van der Waals surface area contributed by atoms with Crippen molar-refractivity contribution in [2.45, 2.75) is 58.4 Å². The van der Waals surface area contributed by atoms with Crippen LogP contribution in [0.1, 0.15) is 57.9 Å². The molecule has 0 saturated heterocycles. The molecule has 0 radical (unpaired) electrons. The highest BCUT2D eigenvalue weighted by Crippen LogP contribution is 2.22. The molecule has 0 aliphatic heterocycles. The molecule has 3 nitrogen and oxygen atoms in total. The fourth-order valence-corrected chi connectivity index (χ4v) is 3.22. The van der Waals surface area contributed by atoms with Crippen LogP contribution in [0.5, 0.6) is 0 Å². The number of hydrogen-bond acceptors (Lipinski definition) is 4. The molecule has 1 aromatic heterocycles. The molecule has 0 aliphatic carbocycles. The van der Waals surface area contributed by atoms with Gasteiger partial charge in [-0.15, -0.1) is 11.3 Å². The normalized spacial score (nSPS) is 13.7. The quantitative estimate of drug-likeness (QED) is 0.646. The molecule has 0 aromatic carbocycles. The van der Waals surface area contributed by atoms with Crippen molar-refractivity contribution in [1.82, 2.24) is 10.3 Å². The van der Waals surface area contributed by atoms with Gasteiger partial charge in [0, 0.05) is 11.6 Å². The molecule has 0 aliphatic rings. The van der Waals surface area contributed by atoms with E-state index in [0.29, 0.717) is 0 Å². The zero-order valence-electron chi connectivity index (χ0n) is 12.6. The zero-order valence-corrected chi connectivity index (χ0v) is 13.4. The van der Waals surface area contributed by atoms with E-state index in [1.54, 1.807) is 11.3 Å². The van der Waals surface area contributed by atoms with Gasteiger partial charge < -0.3 is 11.1 Å². The molecular weight excluding hydrogens is 254 g/mol. The maximum Gasteiger partial charge on any atom is 0.112 e. The average Bonchev–Trinajstić information content (AvgIpc) is 2.89. The van der Waals surface area contributed by atoms with E-state index >= 15 is 0 Å². The molecule has 1 rings (SSSR count). The smallest absolute Gasteiger partial charge is 0.112 e. The zero-order chi connectivity index (χ0) is 14.1. The molecule has 110 valence electrons. The van der Waals surface area contributed by atoms with Crippen LogP contribution in [0.15, 0.2) is 11.6 Å². The van der Waals surface area contributed by atoms with Crippen molar-refractivity contribution in [3.05, 3.63) is 16.6 Å². The van der Waals surface area contributed by atoms with Gasteiger partial charge in [0.25, 0.3) is 0 Å². The Morgan fingerprint density at radius 3 is 2.74 bits per heavy atom. The second kappa shape index (κ2) is 8.67. The van der Waals surface area contributed by atoms with Crippen LogP contribution < -0.4 is 11.1 Å². The van der Waals surface area contributed by atoms with E-state index in [1.807, 2.05) is 11.6 Å². The van der Waals surface area contributed by atoms with Crippen molar-refractivity contribution in [2.24, 2.45) is 11.7 Å². The maximum absolute atomic E-state index is 5.67. The molecule has 1 aromatic rings. The molecule has 19 heavy (non-hydrogen) atoms. The number of rotatable bonds is 10. The Labute approximate surface area is 122 Å². The predicted octanol–water partition coefficient (Wildman–Crippen LogP) is 3.51. The van der Waals surface area contributed by atoms with Gasteiger partial charge in [0.05, 0.1) is 5.54 Å². The fourth-order valence-electron chi connectivity index (χ4n) is 2.48. The Morgan fingerprint density at radius 2 is 2.16 bits per heavy atom. The maximum atomic E-state index is 5.67. The molecule has 0 amide bonds. The third kappa shape index (κ3) is 6.02. The molecule has 1 heterocycles.